The van der Waals surface area contributed by atoms with E-state index in [1.807, 2.05) is 25.1 Å². The normalized spacial score (nSPS) is 10.6. The van der Waals surface area contributed by atoms with Gasteiger partial charge in [0.2, 0.25) is 0 Å². The van der Waals surface area contributed by atoms with Gasteiger partial charge >= 0.3 is 0 Å². The number of benzene rings is 2. The zero-order valence-electron chi connectivity index (χ0n) is 13.2. The second-order valence-electron chi connectivity index (χ2n) is 5.53. The Kier molecular flexibility index (Phi) is 5.09. The molecule has 2 rings (SSSR count). The number of hydrogen-bond acceptors (Lipinski definition) is 2. The van der Waals surface area contributed by atoms with Crippen molar-refractivity contribution in [2.45, 2.75) is 26.7 Å². The monoisotopic (exact) mass is 317 g/mol. The molecule has 1 amide bonds. The Morgan fingerprint density at radius 2 is 1.95 bits per heavy atom. The quantitative estimate of drug-likeness (QED) is 0.858. The van der Waals surface area contributed by atoms with Crippen LogP contribution in [0.15, 0.2) is 36.4 Å². The van der Waals surface area contributed by atoms with Gasteiger partial charge in [-0.2, -0.15) is 0 Å². The molecular formula is C18H20ClNO2. The highest BCUT2D eigenvalue weighted by Gasteiger charge is 2.16. The van der Waals surface area contributed by atoms with Crippen molar-refractivity contribution in [3.8, 4) is 5.75 Å². The van der Waals surface area contributed by atoms with Crippen molar-refractivity contribution in [1.82, 2.24) is 0 Å². The number of nitrogens with one attached hydrogen (secondary N) is 1. The third-order valence-electron chi connectivity index (χ3n) is 3.53. The van der Waals surface area contributed by atoms with Crippen molar-refractivity contribution >= 4 is 23.2 Å². The third kappa shape index (κ3) is 3.60. The van der Waals surface area contributed by atoms with E-state index in [1.54, 1.807) is 25.3 Å². The summed E-state index contributed by atoms with van der Waals surface area (Å²) in [6, 6.07) is 10.9. The van der Waals surface area contributed by atoms with E-state index < -0.39 is 0 Å². The van der Waals surface area contributed by atoms with Gasteiger partial charge in [-0.15, -0.1) is 0 Å². The third-order valence-corrected chi connectivity index (χ3v) is 3.76. The van der Waals surface area contributed by atoms with Crippen molar-refractivity contribution in [3.63, 3.8) is 0 Å². The van der Waals surface area contributed by atoms with Crippen molar-refractivity contribution in [1.29, 1.82) is 0 Å². The second kappa shape index (κ2) is 6.84. The van der Waals surface area contributed by atoms with E-state index in [0.717, 1.165) is 16.9 Å². The molecular weight excluding hydrogens is 298 g/mol. The van der Waals surface area contributed by atoms with E-state index in [4.69, 9.17) is 16.3 Å². The molecule has 2 aromatic rings. The van der Waals surface area contributed by atoms with E-state index in [1.165, 1.54) is 0 Å². The molecule has 0 spiro atoms. The fourth-order valence-corrected chi connectivity index (χ4v) is 2.53. The number of carbonyl (C=O) groups excluding carboxylic acids is 1. The highest BCUT2D eigenvalue weighted by molar-refractivity contribution is 6.31. The summed E-state index contributed by atoms with van der Waals surface area (Å²) in [4.78, 5) is 12.5. The summed E-state index contributed by atoms with van der Waals surface area (Å²) < 4.78 is 5.41. The minimum absolute atomic E-state index is 0.149. The molecule has 0 aliphatic carbocycles. The average molecular weight is 318 g/mol. The van der Waals surface area contributed by atoms with Gasteiger partial charge in [0.1, 0.15) is 5.75 Å². The summed E-state index contributed by atoms with van der Waals surface area (Å²) in [6.45, 7) is 6.05. The van der Waals surface area contributed by atoms with Crippen LogP contribution in [0, 0.1) is 6.92 Å². The first-order valence-electron chi connectivity index (χ1n) is 7.17. The molecule has 0 aromatic heterocycles. The van der Waals surface area contributed by atoms with Gasteiger partial charge < -0.3 is 10.1 Å². The molecule has 0 saturated carbocycles. The number of carbonyl (C=O) groups is 1. The van der Waals surface area contributed by atoms with Gasteiger partial charge in [0, 0.05) is 16.3 Å². The van der Waals surface area contributed by atoms with Crippen molar-refractivity contribution in [2.75, 3.05) is 12.4 Å². The molecule has 22 heavy (non-hydrogen) atoms. The van der Waals surface area contributed by atoms with Crippen LogP contribution in [0.4, 0.5) is 5.69 Å². The molecule has 0 fully saturated rings. The van der Waals surface area contributed by atoms with Gasteiger partial charge in [0.15, 0.2) is 0 Å². The smallest absolute Gasteiger partial charge is 0.255 e. The maximum atomic E-state index is 12.5. The minimum Gasteiger partial charge on any atom is -0.496 e. The lowest BCUT2D eigenvalue weighted by Crippen LogP contribution is -2.14. The Morgan fingerprint density at radius 3 is 2.55 bits per heavy atom. The lowest BCUT2D eigenvalue weighted by Gasteiger charge is -2.16. The predicted octanol–water partition coefficient (Wildman–Crippen LogP) is 5.03. The Labute approximate surface area is 136 Å². The molecule has 0 saturated heterocycles. The van der Waals surface area contributed by atoms with Gasteiger partial charge in [0.25, 0.3) is 5.91 Å². The molecule has 1 N–H and O–H groups in total. The van der Waals surface area contributed by atoms with E-state index in [2.05, 4.69) is 19.2 Å². The van der Waals surface area contributed by atoms with Crippen LogP contribution in [0.2, 0.25) is 5.02 Å². The molecule has 0 heterocycles. The van der Waals surface area contributed by atoms with Crippen LogP contribution in [0.25, 0.3) is 0 Å². The summed E-state index contributed by atoms with van der Waals surface area (Å²) in [5.41, 5.74) is 3.22. The molecule has 0 atom stereocenters. The first-order valence-corrected chi connectivity index (χ1v) is 7.55. The number of rotatable bonds is 4. The highest BCUT2D eigenvalue weighted by atomic mass is 35.5. The molecule has 0 unspecified atom stereocenters. The van der Waals surface area contributed by atoms with Crippen LogP contribution in [0.5, 0.6) is 5.75 Å². The molecule has 4 heteroatoms. The predicted molar refractivity (Wildman–Crippen MR) is 91.2 cm³/mol. The number of amides is 1. The van der Waals surface area contributed by atoms with E-state index in [9.17, 15) is 4.79 Å². The molecule has 0 aliphatic rings. The Balaban J connectivity index is 2.35. The SMILES string of the molecule is COc1cc(C)c(C(=O)Nc2cccc(Cl)c2)cc1C(C)C. The molecule has 2 aromatic carbocycles. The van der Waals surface area contributed by atoms with Gasteiger partial charge in [-0.1, -0.05) is 31.5 Å². The topological polar surface area (TPSA) is 38.3 Å². The second-order valence-corrected chi connectivity index (χ2v) is 5.96. The highest BCUT2D eigenvalue weighted by Crippen LogP contribution is 2.30. The molecule has 116 valence electrons. The lowest BCUT2D eigenvalue weighted by molar-refractivity contribution is 0.102. The maximum Gasteiger partial charge on any atom is 0.255 e. The van der Waals surface area contributed by atoms with Gasteiger partial charge in [-0.05, 0) is 54.3 Å². The number of ether oxygens (including phenoxy) is 1. The summed E-state index contributed by atoms with van der Waals surface area (Å²) >= 11 is 5.94. The number of halogens is 1. The minimum atomic E-state index is -0.149. The van der Waals surface area contributed by atoms with Crippen LogP contribution in [0.1, 0.15) is 41.3 Å². The van der Waals surface area contributed by atoms with E-state index in [-0.39, 0.29) is 11.8 Å². The summed E-state index contributed by atoms with van der Waals surface area (Å²) in [7, 11) is 1.65. The van der Waals surface area contributed by atoms with Gasteiger partial charge in [-0.3, -0.25) is 4.79 Å². The van der Waals surface area contributed by atoms with Crippen LogP contribution in [-0.2, 0) is 0 Å². The first-order chi connectivity index (χ1) is 10.4. The van der Waals surface area contributed by atoms with Crippen molar-refractivity contribution < 1.29 is 9.53 Å². The van der Waals surface area contributed by atoms with Gasteiger partial charge in [0.05, 0.1) is 7.11 Å². The fourth-order valence-electron chi connectivity index (χ4n) is 2.34. The summed E-state index contributed by atoms with van der Waals surface area (Å²) in [6.07, 6.45) is 0. The van der Waals surface area contributed by atoms with Crippen molar-refractivity contribution in [3.05, 3.63) is 58.1 Å². The Morgan fingerprint density at radius 1 is 1.23 bits per heavy atom. The number of hydrogen-bond donors (Lipinski definition) is 1. The Hall–Kier alpha value is -2.00. The maximum absolute atomic E-state index is 12.5. The average Bonchev–Trinajstić information content (AvgIpc) is 2.46. The molecule has 0 radical (unpaired) electrons. The number of methoxy groups -OCH3 is 1. The molecule has 0 aliphatic heterocycles. The van der Waals surface area contributed by atoms with Crippen molar-refractivity contribution in [2.24, 2.45) is 0 Å². The lowest BCUT2D eigenvalue weighted by atomic mass is 9.96. The number of anilines is 1. The van der Waals surface area contributed by atoms with Crippen LogP contribution in [-0.4, -0.2) is 13.0 Å². The van der Waals surface area contributed by atoms with Crippen LogP contribution >= 0.6 is 11.6 Å². The fraction of sp³-hybridized carbons (Fsp3) is 0.278. The first kappa shape index (κ1) is 16.4. The zero-order valence-corrected chi connectivity index (χ0v) is 14.0. The molecule has 0 bridgehead atoms. The van der Waals surface area contributed by atoms with Gasteiger partial charge in [-0.25, -0.2) is 0 Å². The van der Waals surface area contributed by atoms with E-state index >= 15 is 0 Å². The largest absolute Gasteiger partial charge is 0.496 e. The van der Waals surface area contributed by atoms with E-state index in [0.29, 0.717) is 16.3 Å². The standard InChI is InChI=1S/C18H20ClNO2/c1-11(2)15-10-16(12(3)8-17(15)22-4)18(21)20-14-7-5-6-13(19)9-14/h5-11H,1-4H3,(H,20,21). The van der Waals surface area contributed by atoms with Crippen LogP contribution in [0.3, 0.4) is 0 Å². The number of aryl methyl sites for hydroxylation is 1. The van der Waals surface area contributed by atoms with Crippen LogP contribution < -0.4 is 10.1 Å². The molecule has 3 nitrogen and oxygen atoms in total. The Bertz CT molecular complexity index is 695. The summed E-state index contributed by atoms with van der Waals surface area (Å²) in [5, 5.41) is 3.47. The zero-order chi connectivity index (χ0) is 16.3. The summed E-state index contributed by atoms with van der Waals surface area (Å²) in [5.74, 6) is 0.935.